The van der Waals surface area contributed by atoms with Crippen LogP contribution in [-0.4, -0.2) is 6.54 Å². The van der Waals surface area contributed by atoms with Crippen LogP contribution < -0.4 is 5.32 Å². The van der Waals surface area contributed by atoms with E-state index in [1.807, 2.05) is 0 Å². The summed E-state index contributed by atoms with van der Waals surface area (Å²) in [4.78, 5) is 0. The molecule has 1 aromatic carbocycles. The van der Waals surface area contributed by atoms with Gasteiger partial charge in [-0.3, -0.25) is 0 Å². The smallest absolute Gasteiger partial charge is 0.129 e. The SMILES string of the molecule is Fc1cccc(Cl)c1CNCC1(C2CC2)CC1. The highest BCUT2D eigenvalue weighted by Gasteiger charge is 2.53. The lowest BCUT2D eigenvalue weighted by Gasteiger charge is -2.15. The normalized spacial score (nSPS) is 21.5. The maximum atomic E-state index is 13.5. The predicted molar refractivity (Wildman–Crippen MR) is 67.5 cm³/mol. The highest BCUT2D eigenvalue weighted by Crippen LogP contribution is 2.60. The Kier molecular flexibility index (Phi) is 2.87. The second kappa shape index (κ2) is 4.25. The van der Waals surface area contributed by atoms with E-state index in [4.69, 9.17) is 11.6 Å². The molecule has 2 fully saturated rings. The lowest BCUT2D eigenvalue weighted by Crippen LogP contribution is -2.25. The fourth-order valence-corrected chi connectivity index (χ4v) is 2.95. The van der Waals surface area contributed by atoms with Gasteiger partial charge in [-0.15, -0.1) is 0 Å². The Morgan fingerprint density at radius 2 is 2.12 bits per heavy atom. The van der Waals surface area contributed by atoms with Crippen LogP contribution in [0, 0.1) is 17.2 Å². The van der Waals surface area contributed by atoms with E-state index in [-0.39, 0.29) is 5.82 Å². The maximum Gasteiger partial charge on any atom is 0.129 e. The standard InChI is InChI=1S/C14H17ClFN/c15-12-2-1-3-13(16)11(12)8-17-9-14(6-7-14)10-4-5-10/h1-3,10,17H,4-9H2. The molecule has 1 N–H and O–H groups in total. The number of hydrogen-bond donors (Lipinski definition) is 1. The first-order valence-corrected chi connectivity index (χ1v) is 6.73. The molecular formula is C14H17ClFN. The van der Waals surface area contributed by atoms with Crippen molar-refractivity contribution in [2.75, 3.05) is 6.54 Å². The molecule has 0 bridgehead atoms. The summed E-state index contributed by atoms with van der Waals surface area (Å²) in [5, 5.41) is 3.91. The molecule has 0 aliphatic heterocycles. The summed E-state index contributed by atoms with van der Waals surface area (Å²) in [6, 6.07) is 4.86. The largest absolute Gasteiger partial charge is 0.312 e. The highest BCUT2D eigenvalue weighted by molar-refractivity contribution is 6.31. The minimum absolute atomic E-state index is 0.207. The van der Waals surface area contributed by atoms with Crippen LogP contribution in [0.1, 0.15) is 31.2 Å². The van der Waals surface area contributed by atoms with Crippen molar-refractivity contribution in [2.24, 2.45) is 11.3 Å². The zero-order chi connectivity index (χ0) is 11.9. The number of hydrogen-bond acceptors (Lipinski definition) is 1. The molecule has 0 spiro atoms. The van der Waals surface area contributed by atoms with Gasteiger partial charge in [0.1, 0.15) is 5.82 Å². The summed E-state index contributed by atoms with van der Waals surface area (Å²) in [5.41, 5.74) is 1.15. The topological polar surface area (TPSA) is 12.0 Å². The van der Waals surface area contributed by atoms with Gasteiger partial charge in [-0.25, -0.2) is 4.39 Å². The van der Waals surface area contributed by atoms with Crippen LogP contribution in [0.2, 0.25) is 5.02 Å². The molecule has 2 saturated carbocycles. The summed E-state index contributed by atoms with van der Waals surface area (Å²) in [6.07, 6.45) is 5.47. The average Bonchev–Trinajstić information content (AvgIpc) is 3.14. The third-order valence-electron chi connectivity index (χ3n) is 4.18. The molecule has 0 atom stereocenters. The lowest BCUT2D eigenvalue weighted by molar-refractivity contribution is 0.401. The molecule has 1 nitrogen and oxygen atoms in total. The summed E-state index contributed by atoms with van der Waals surface area (Å²) in [6.45, 7) is 1.56. The Bertz CT molecular complexity index is 404. The molecule has 0 amide bonds. The molecule has 2 aliphatic rings. The van der Waals surface area contributed by atoms with Crippen molar-refractivity contribution in [2.45, 2.75) is 32.2 Å². The van der Waals surface area contributed by atoms with E-state index in [0.717, 1.165) is 12.5 Å². The molecule has 17 heavy (non-hydrogen) atoms. The zero-order valence-electron chi connectivity index (χ0n) is 9.81. The van der Waals surface area contributed by atoms with Crippen LogP contribution in [0.4, 0.5) is 4.39 Å². The molecule has 0 saturated heterocycles. The van der Waals surface area contributed by atoms with Crippen LogP contribution in [0.15, 0.2) is 18.2 Å². The summed E-state index contributed by atoms with van der Waals surface area (Å²) >= 11 is 5.99. The van der Waals surface area contributed by atoms with E-state index in [2.05, 4.69) is 5.32 Å². The first-order chi connectivity index (χ1) is 8.21. The summed E-state index contributed by atoms with van der Waals surface area (Å²) < 4.78 is 13.5. The second-order valence-electron chi connectivity index (χ2n) is 5.44. The Balaban J connectivity index is 1.57. The van der Waals surface area contributed by atoms with E-state index in [1.165, 1.54) is 31.7 Å². The van der Waals surface area contributed by atoms with Gasteiger partial charge in [0, 0.05) is 23.7 Å². The molecule has 0 unspecified atom stereocenters. The van der Waals surface area contributed by atoms with Crippen molar-refractivity contribution >= 4 is 11.6 Å². The fraction of sp³-hybridized carbons (Fsp3) is 0.571. The Morgan fingerprint density at radius 1 is 1.35 bits per heavy atom. The van der Waals surface area contributed by atoms with Gasteiger partial charge in [-0.2, -0.15) is 0 Å². The van der Waals surface area contributed by atoms with Crippen molar-refractivity contribution in [3.63, 3.8) is 0 Å². The van der Waals surface area contributed by atoms with Crippen LogP contribution >= 0.6 is 11.6 Å². The number of halogens is 2. The van der Waals surface area contributed by atoms with Gasteiger partial charge < -0.3 is 5.32 Å². The summed E-state index contributed by atoms with van der Waals surface area (Å²) in [7, 11) is 0. The average molecular weight is 254 g/mol. The van der Waals surface area contributed by atoms with Gasteiger partial charge in [0.05, 0.1) is 0 Å². The molecule has 0 aromatic heterocycles. The predicted octanol–water partition coefficient (Wildman–Crippen LogP) is 3.76. The molecule has 92 valence electrons. The van der Waals surface area contributed by atoms with E-state index < -0.39 is 0 Å². The Morgan fingerprint density at radius 3 is 2.71 bits per heavy atom. The molecule has 3 heteroatoms. The molecule has 2 aliphatic carbocycles. The van der Waals surface area contributed by atoms with Crippen LogP contribution in [0.5, 0.6) is 0 Å². The van der Waals surface area contributed by atoms with Crippen molar-refractivity contribution < 1.29 is 4.39 Å². The number of rotatable bonds is 5. The Hall–Kier alpha value is -0.600. The summed E-state index contributed by atoms with van der Waals surface area (Å²) in [5.74, 6) is 0.729. The molecule has 1 aromatic rings. The van der Waals surface area contributed by atoms with E-state index >= 15 is 0 Å². The number of benzene rings is 1. The quantitative estimate of drug-likeness (QED) is 0.843. The first-order valence-electron chi connectivity index (χ1n) is 6.35. The zero-order valence-corrected chi connectivity index (χ0v) is 10.6. The van der Waals surface area contributed by atoms with Gasteiger partial charge in [-0.1, -0.05) is 17.7 Å². The van der Waals surface area contributed by atoms with Gasteiger partial charge in [0.15, 0.2) is 0 Å². The van der Waals surface area contributed by atoms with Crippen molar-refractivity contribution in [3.8, 4) is 0 Å². The van der Waals surface area contributed by atoms with Crippen molar-refractivity contribution in [1.29, 1.82) is 0 Å². The highest BCUT2D eigenvalue weighted by atomic mass is 35.5. The minimum Gasteiger partial charge on any atom is -0.312 e. The second-order valence-corrected chi connectivity index (χ2v) is 5.85. The van der Waals surface area contributed by atoms with Gasteiger partial charge in [-0.05, 0) is 49.1 Å². The fourth-order valence-electron chi connectivity index (χ4n) is 2.72. The van der Waals surface area contributed by atoms with E-state index in [9.17, 15) is 4.39 Å². The van der Waals surface area contributed by atoms with Crippen molar-refractivity contribution in [3.05, 3.63) is 34.6 Å². The number of nitrogens with one attached hydrogen (secondary N) is 1. The molecule has 0 heterocycles. The van der Waals surface area contributed by atoms with Gasteiger partial charge in [0.25, 0.3) is 0 Å². The maximum absolute atomic E-state index is 13.5. The van der Waals surface area contributed by atoms with Crippen LogP contribution in [0.3, 0.4) is 0 Å². The van der Waals surface area contributed by atoms with Crippen LogP contribution in [-0.2, 0) is 6.54 Å². The molecule has 0 radical (unpaired) electrons. The van der Waals surface area contributed by atoms with E-state index in [1.54, 1.807) is 12.1 Å². The monoisotopic (exact) mass is 253 g/mol. The minimum atomic E-state index is -0.207. The Labute approximate surface area is 106 Å². The van der Waals surface area contributed by atoms with Crippen molar-refractivity contribution in [1.82, 2.24) is 5.32 Å². The molecule has 3 rings (SSSR count). The molecular weight excluding hydrogens is 237 g/mol. The third-order valence-corrected chi connectivity index (χ3v) is 4.53. The van der Waals surface area contributed by atoms with Crippen LogP contribution in [0.25, 0.3) is 0 Å². The van der Waals surface area contributed by atoms with E-state index in [0.29, 0.717) is 22.5 Å². The lowest BCUT2D eigenvalue weighted by atomic mass is 10.0. The van der Waals surface area contributed by atoms with Gasteiger partial charge >= 0.3 is 0 Å². The van der Waals surface area contributed by atoms with Gasteiger partial charge in [0.2, 0.25) is 0 Å². The first kappa shape index (κ1) is 11.5. The third kappa shape index (κ3) is 2.34.